The molecule has 2 rings (SSSR count). The number of benzene rings is 2. The Hall–Kier alpha value is -3.17. The van der Waals surface area contributed by atoms with Crippen LogP contribution in [0.15, 0.2) is 75.7 Å². The maximum absolute atomic E-state index is 12.7. The van der Waals surface area contributed by atoms with Gasteiger partial charge in [0.25, 0.3) is 5.91 Å². The lowest BCUT2D eigenvalue weighted by atomic mass is 10.1. The van der Waals surface area contributed by atoms with Crippen LogP contribution in [-0.4, -0.2) is 39.0 Å². The first-order chi connectivity index (χ1) is 14.8. The summed E-state index contributed by atoms with van der Waals surface area (Å²) >= 11 is 1.58. The van der Waals surface area contributed by atoms with E-state index in [1.165, 1.54) is 0 Å². The van der Waals surface area contributed by atoms with Gasteiger partial charge in [-0.15, -0.1) is 0 Å². The number of hydrogen-bond acceptors (Lipinski definition) is 5. The number of carbonyl (C=O) groups is 1. The zero-order chi connectivity index (χ0) is 23.0. The molecule has 0 saturated carbocycles. The van der Waals surface area contributed by atoms with E-state index in [1.54, 1.807) is 11.8 Å². The van der Waals surface area contributed by atoms with Crippen molar-refractivity contribution in [3.63, 3.8) is 0 Å². The molecule has 0 bridgehead atoms. The van der Waals surface area contributed by atoms with Crippen molar-refractivity contribution in [2.75, 3.05) is 38.4 Å². The van der Waals surface area contributed by atoms with Crippen molar-refractivity contribution in [1.82, 2.24) is 4.90 Å². The van der Waals surface area contributed by atoms with Crippen molar-refractivity contribution in [2.24, 2.45) is 0 Å². The SMILES string of the molecule is CC/C(C)=C(C#N)/C=C(/Sc1ccc(NC(=O)c2ccccc2N(C)C)cc1)N(C)C. The van der Waals surface area contributed by atoms with Crippen molar-refractivity contribution in [2.45, 2.75) is 25.2 Å². The summed E-state index contributed by atoms with van der Waals surface area (Å²) in [6.07, 6.45) is 2.77. The topological polar surface area (TPSA) is 59.4 Å². The molecule has 5 nitrogen and oxygen atoms in total. The fraction of sp³-hybridized carbons (Fsp3) is 0.280. The Morgan fingerprint density at radius 3 is 2.29 bits per heavy atom. The number of anilines is 2. The highest BCUT2D eigenvalue weighted by atomic mass is 32.2. The van der Waals surface area contributed by atoms with E-state index in [2.05, 4.69) is 11.4 Å². The Balaban J connectivity index is 2.18. The van der Waals surface area contributed by atoms with Crippen LogP contribution in [0.25, 0.3) is 0 Å². The number of thioether (sulfide) groups is 1. The molecule has 0 radical (unpaired) electrons. The minimum Gasteiger partial charge on any atom is -0.377 e. The van der Waals surface area contributed by atoms with Crippen LogP contribution in [0.3, 0.4) is 0 Å². The summed E-state index contributed by atoms with van der Waals surface area (Å²) in [5.41, 5.74) is 4.00. The summed E-state index contributed by atoms with van der Waals surface area (Å²) in [6.45, 7) is 4.03. The second-order valence-corrected chi connectivity index (χ2v) is 8.62. The van der Waals surface area contributed by atoms with Crippen LogP contribution in [-0.2, 0) is 0 Å². The predicted octanol–water partition coefficient (Wildman–Crippen LogP) is 5.75. The van der Waals surface area contributed by atoms with Gasteiger partial charge in [0.1, 0.15) is 0 Å². The molecule has 0 aliphatic rings. The third-order valence-electron chi connectivity index (χ3n) is 4.78. The molecule has 0 spiro atoms. The zero-order valence-electron chi connectivity index (χ0n) is 19.1. The molecule has 0 heterocycles. The van der Waals surface area contributed by atoms with E-state index in [0.717, 1.165) is 33.3 Å². The third kappa shape index (κ3) is 6.66. The fourth-order valence-electron chi connectivity index (χ4n) is 2.80. The van der Waals surface area contributed by atoms with Gasteiger partial charge >= 0.3 is 0 Å². The normalized spacial score (nSPS) is 12.0. The second-order valence-electron chi connectivity index (χ2n) is 7.53. The van der Waals surface area contributed by atoms with Gasteiger partial charge in [-0.25, -0.2) is 0 Å². The van der Waals surface area contributed by atoms with E-state index in [1.807, 2.05) is 106 Å². The minimum atomic E-state index is -0.141. The predicted molar refractivity (Wildman–Crippen MR) is 131 cm³/mol. The van der Waals surface area contributed by atoms with Gasteiger partial charge < -0.3 is 15.1 Å². The van der Waals surface area contributed by atoms with Crippen molar-refractivity contribution in [3.05, 3.63) is 76.3 Å². The number of amides is 1. The number of carbonyl (C=O) groups excluding carboxylic acids is 1. The van der Waals surface area contributed by atoms with Gasteiger partial charge in [-0.05, 0) is 55.8 Å². The van der Waals surface area contributed by atoms with Crippen molar-refractivity contribution in [1.29, 1.82) is 5.26 Å². The standard InChI is InChI=1S/C25H30N4OS/c1-7-18(2)19(17-26)16-24(29(5)6)31-21-14-12-20(13-15-21)27-25(30)22-10-8-9-11-23(22)28(3)4/h8-16H,7H2,1-6H3,(H,27,30)/b19-18-,24-16+. The molecule has 2 aromatic rings. The lowest BCUT2D eigenvalue weighted by Crippen LogP contribution is -2.18. The number of nitrogens with zero attached hydrogens (tertiary/aromatic N) is 3. The second kappa shape index (κ2) is 11.3. The van der Waals surface area contributed by atoms with E-state index in [-0.39, 0.29) is 5.91 Å². The highest BCUT2D eigenvalue weighted by Crippen LogP contribution is 2.30. The molecule has 0 unspecified atom stereocenters. The maximum Gasteiger partial charge on any atom is 0.257 e. The van der Waals surface area contributed by atoms with Gasteiger partial charge in [0, 0.05) is 44.5 Å². The summed E-state index contributed by atoms with van der Waals surface area (Å²) in [5, 5.41) is 13.4. The summed E-state index contributed by atoms with van der Waals surface area (Å²) in [7, 11) is 7.77. The van der Waals surface area contributed by atoms with Crippen LogP contribution >= 0.6 is 11.8 Å². The molecule has 0 saturated heterocycles. The first-order valence-corrected chi connectivity index (χ1v) is 10.9. The van der Waals surface area contributed by atoms with Crippen LogP contribution in [0.2, 0.25) is 0 Å². The minimum absolute atomic E-state index is 0.141. The highest BCUT2D eigenvalue weighted by Gasteiger charge is 2.13. The highest BCUT2D eigenvalue weighted by molar-refractivity contribution is 8.03. The first-order valence-electron chi connectivity index (χ1n) is 10.1. The molecular weight excluding hydrogens is 404 g/mol. The number of nitrogens with one attached hydrogen (secondary N) is 1. The molecular formula is C25H30N4OS. The molecule has 0 fully saturated rings. The van der Waals surface area contributed by atoms with Crippen molar-refractivity contribution < 1.29 is 4.79 Å². The van der Waals surface area contributed by atoms with Crippen LogP contribution in [0.5, 0.6) is 0 Å². The van der Waals surface area contributed by atoms with Gasteiger partial charge in [-0.1, -0.05) is 36.4 Å². The molecule has 162 valence electrons. The Morgan fingerprint density at radius 2 is 1.74 bits per heavy atom. The van der Waals surface area contributed by atoms with E-state index < -0.39 is 0 Å². The van der Waals surface area contributed by atoms with Gasteiger partial charge in [-0.2, -0.15) is 5.26 Å². The van der Waals surface area contributed by atoms with E-state index in [9.17, 15) is 10.1 Å². The summed E-state index contributed by atoms with van der Waals surface area (Å²) in [4.78, 5) is 17.7. The Labute approximate surface area is 190 Å². The lowest BCUT2D eigenvalue weighted by molar-refractivity contribution is 0.102. The van der Waals surface area contributed by atoms with Gasteiger partial charge in [0.05, 0.1) is 22.2 Å². The number of rotatable bonds is 8. The third-order valence-corrected chi connectivity index (χ3v) is 5.98. The Morgan fingerprint density at radius 1 is 1.10 bits per heavy atom. The molecule has 31 heavy (non-hydrogen) atoms. The van der Waals surface area contributed by atoms with Crippen LogP contribution < -0.4 is 10.2 Å². The van der Waals surface area contributed by atoms with Crippen molar-refractivity contribution >= 4 is 29.0 Å². The molecule has 0 atom stereocenters. The van der Waals surface area contributed by atoms with Gasteiger partial charge in [-0.3, -0.25) is 4.79 Å². The van der Waals surface area contributed by atoms with E-state index in [0.29, 0.717) is 11.1 Å². The van der Waals surface area contributed by atoms with Crippen LogP contribution in [0.1, 0.15) is 30.6 Å². The summed E-state index contributed by atoms with van der Waals surface area (Å²) in [6, 6.07) is 17.5. The molecule has 0 aliphatic carbocycles. The van der Waals surface area contributed by atoms with Crippen molar-refractivity contribution in [3.8, 4) is 6.07 Å². The molecule has 0 aromatic heterocycles. The molecule has 1 N–H and O–H groups in total. The molecule has 1 amide bonds. The Kier molecular flexibility index (Phi) is 8.77. The molecule has 0 aliphatic heterocycles. The molecule has 6 heteroatoms. The quantitative estimate of drug-likeness (QED) is 0.326. The number of hydrogen-bond donors (Lipinski definition) is 1. The Bertz CT molecular complexity index is 1010. The monoisotopic (exact) mass is 434 g/mol. The lowest BCUT2D eigenvalue weighted by Gasteiger charge is -2.18. The summed E-state index contributed by atoms with van der Waals surface area (Å²) in [5.74, 6) is -0.141. The van der Waals surface area contributed by atoms with Crippen LogP contribution in [0.4, 0.5) is 11.4 Å². The van der Waals surface area contributed by atoms with Crippen LogP contribution in [0, 0.1) is 11.3 Å². The molecule has 2 aromatic carbocycles. The average Bonchev–Trinajstić information content (AvgIpc) is 2.76. The zero-order valence-corrected chi connectivity index (χ0v) is 19.9. The van der Waals surface area contributed by atoms with E-state index in [4.69, 9.17) is 0 Å². The summed E-state index contributed by atoms with van der Waals surface area (Å²) < 4.78 is 0. The van der Waals surface area contributed by atoms with E-state index >= 15 is 0 Å². The van der Waals surface area contributed by atoms with Gasteiger partial charge in [0.15, 0.2) is 0 Å². The number of allylic oxidation sites excluding steroid dienone is 3. The maximum atomic E-state index is 12.7. The first kappa shape index (κ1) is 24.1. The average molecular weight is 435 g/mol. The number of para-hydroxylation sites is 1. The van der Waals surface area contributed by atoms with Gasteiger partial charge in [0.2, 0.25) is 0 Å². The fourth-order valence-corrected chi connectivity index (χ4v) is 3.67. The largest absolute Gasteiger partial charge is 0.377 e. The smallest absolute Gasteiger partial charge is 0.257 e. The number of nitriles is 1.